The largest absolute Gasteiger partial charge is 0.298 e. The van der Waals surface area contributed by atoms with E-state index in [-0.39, 0.29) is 12.1 Å². The second-order valence-electron chi connectivity index (χ2n) is 6.95. The Balaban J connectivity index is 1.89. The van der Waals surface area contributed by atoms with Gasteiger partial charge in [-0.1, -0.05) is 48.5 Å². The predicted molar refractivity (Wildman–Crippen MR) is 101 cm³/mol. The Labute approximate surface area is 151 Å². The molecule has 130 valence electrons. The molecule has 3 atom stereocenters. The first kappa shape index (κ1) is 16.4. The third-order valence-electron chi connectivity index (χ3n) is 5.23. The van der Waals surface area contributed by atoms with Crippen LogP contribution < -0.4 is 15.9 Å². The first-order valence-electron chi connectivity index (χ1n) is 8.64. The van der Waals surface area contributed by atoms with E-state index in [4.69, 9.17) is 10.1 Å². The van der Waals surface area contributed by atoms with E-state index in [0.29, 0.717) is 22.7 Å². The van der Waals surface area contributed by atoms with E-state index < -0.39 is 0 Å². The molecule has 1 aliphatic carbocycles. The van der Waals surface area contributed by atoms with Crippen molar-refractivity contribution in [3.63, 3.8) is 0 Å². The van der Waals surface area contributed by atoms with Crippen LogP contribution in [0.15, 0.2) is 46.0 Å². The van der Waals surface area contributed by atoms with E-state index in [1.54, 1.807) is 0 Å². The second kappa shape index (κ2) is 6.33. The van der Waals surface area contributed by atoms with Gasteiger partial charge >= 0.3 is 0 Å². The van der Waals surface area contributed by atoms with Crippen molar-refractivity contribution >= 4 is 28.5 Å². The molecule has 0 radical (unpaired) electrons. The van der Waals surface area contributed by atoms with Crippen LogP contribution in [0.3, 0.4) is 0 Å². The number of hydrazone groups is 1. The lowest BCUT2D eigenvalue weighted by Gasteiger charge is -2.40. The van der Waals surface area contributed by atoms with Crippen molar-refractivity contribution in [3.8, 4) is 0 Å². The van der Waals surface area contributed by atoms with Crippen LogP contribution in [0, 0.1) is 11.8 Å². The summed E-state index contributed by atoms with van der Waals surface area (Å²) in [5, 5.41) is 11.8. The fourth-order valence-corrected chi connectivity index (χ4v) is 4.32. The zero-order chi connectivity index (χ0) is 17.6. The zero-order valence-electron chi connectivity index (χ0n) is 14.7. The minimum Gasteiger partial charge on any atom is -0.298 e. The van der Waals surface area contributed by atoms with Crippen LogP contribution >= 0.6 is 11.8 Å². The molecule has 0 saturated heterocycles. The Hall–Kier alpha value is -2.08. The molecular formula is C19H22N4OS. The SMILES string of the molecule is CSC1=NN2C(=c3ccccc3=N[C@@H]2[C@@H]2CC=C(C)C[C@H]2C)C(=O)N1. The molecule has 0 spiro atoms. The monoisotopic (exact) mass is 354 g/mol. The van der Waals surface area contributed by atoms with Crippen molar-refractivity contribution in [1.29, 1.82) is 0 Å². The van der Waals surface area contributed by atoms with Crippen LogP contribution in [0.1, 0.15) is 26.7 Å². The highest BCUT2D eigenvalue weighted by Gasteiger charge is 2.39. The number of nitrogens with zero attached hydrogens (tertiary/aromatic N) is 3. The van der Waals surface area contributed by atoms with Crippen LogP contribution in [0.4, 0.5) is 0 Å². The number of amides is 1. The Bertz CT molecular complexity index is 904. The van der Waals surface area contributed by atoms with Crippen molar-refractivity contribution in [3.05, 3.63) is 46.5 Å². The molecule has 2 heterocycles. The number of hydrogen-bond acceptors (Lipinski definition) is 5. The number of para-hydroxylation sites is 1. The lowest BCUT2D eigenvalue weighted by molar-refractivity contribution is -0.116. The van der Waals surface area contributed by atoms with Gasteiger partial charge in [-0.25, -0.2) is 5.01 Å². The van der Waals surface area contributed by atoms with Crippen molar-refractivity contribution in [2.45, 2.75) is 32.9 Å². The summed E-state index contributed by atoms with van der Waals surface area (Å²) in [6.07, 6.45) is 6.14. The minimum absolute atomic E-state index is 0.0955. The normalized spacial score (nSPS) is 28.3. The fourth-order valence-electron chi connectivity index (χ4n) is 3.95. The molecule has 1 aromatic carbocycles. The van der Waals surface area contributed by atoms with Gasteiger partial charge in [-0.2, -0.15) is 0 Å². The second-order valence-corrected chi connectivity index (χ2v) is 7.74. The van der Waals surface area contributed by atoms with Gasteiger partial charge in [0, 0.05) is 11.1 Å². The molecule has 5 nitrogen and oxygen atoms in total. The summed E-state index contributed by atoms with van der Waals surface area (Å²) in [5.74, 6) is 0.745. The van der Waals surface area contributed by atoms with Crippen molar-refractivity contribution in [2.75, 3.05) is 6.26 Å². The van der Waals surface area contributed by atoms with Gasteiger partial charge in [0.25, 0.3) is 5.91 Å². The third kappa shape index (κ3) is 2.78. The molecule has 1 N–H and O–H groups in total. The van der Waals surface area contributed by atoms with Crippen molar-refractivity contribution in [2.24, 2.45) is 21.9 Å². The van der Waals surface area contributed by atoms with Gasteiger partial charge < -0.3 is 0 Å². The van der Waals surface area contributed by atoms with Gasteiger partial charge in [-0.15, -0.1) is 5.10 Å². The Kier molecular flexibility index (Phi) is 4.15. The van der Waals surface area contributed by atoms with Crippen molar-refractivity contribution < 1.29 is 4.79 Å². The zero-order valence-corrected chi connectivity index (χ0v) is 15.5. The molecule has 1 aromatic rings. The van der Waals surface area contributed by atoms with Gasteiger partial charge in [0.05, 0.1) is 5.36 Å². The summed E-state index contributed by atoms with van der Waals surface area (Å²) in [7, 11) is 0. The Morgan fingerprint density at radius 2 is 2.12 bits per heavy atom. The first-order valence-corrected chi connectivity index (χ1v) is 9.87. The van der Waals surface area contributed by atoms with Gasteiger partial charge in [-0.05, 0) is 38.0 Å². The van der Waals surface area contributed by atoms with Gasteiger partial charge in [0.15, 0.2) is 5.17 Å². The summed E-state index contributed by atoms with van der Waals surface area (Å²) in [4.78, 5) is 17.8. The van der Waals surface area contributed by atoms with Gasteiger partial charge in [0.2, 0.25) is 0 Å². The topological polar surface area (TPSA) is 57.1 Å². The van der Waals surface area contributed by atoms with E-state index in [9.17, 15) is 4.79 Å². The number of nitrogens with one attached hydrogen (secondary N) is 1. The molecule has 1 amide bonds. The molecular weight excluding hydrogens is 332 g/mol. The average molecular weight is 354 g/mol. The molecule has 0 aromatic heterocycles. The molecule has 4 rings (SSSR count). The highest BCUT2D eigenvalue weighted by Crippen LogP contribution is 2.36. The maximum absolute atomic E-state index is 12.8. The predicted octanol–water partition coefficient (Wildman–Crippen LogP) is 1.81. The summed E-state index contributed by atoms with van der Waals surface area (Å²) in [6.45, 7) is 4.47. The van der Waals surface area contributed by atoms with Crippen LogP contribution in [-0.2, 0) is 4.79 Å². The van der Waals surface area contributed by atoms with Crippen LogP contribution in [0.5, 0.6) is 0 Å². The van der Waals surface area contributed by atoms with Gasteiger partial charge in [-0.3, -0.25) is 15.1 Å². The number of thioether (sulfide) groups is 1. The van der Waals surface area contributed by atoms with E-state index in [1.807, 2.05) is 35.5 Å². The number of amidine groups is 1. The number of allylic oxidation sites excluding steroid dienone is 2. The first-order chi connectivity index (χ1) is 12.1. The number of hydrogen-bond donors (Lipinski definition) is 1. The molecule has 6 heteroatoms. The van der Waals surface area contributed by atoms with Gasteiger partial charge in [0.1, 0.15) is 11.9 Å². The number of carbonyl (C=O) groups excluding carboxylic acids is 1. The molecule has 0 unspecified atom stereocenters. The summed E-state index contributed by atoms with van der Waals surface area (Å²) in [5.41, 5.74) is 2.06. The van der Waals surface area contributed by atoms with Crippen LogP contribution in [0.25, 0.3) is 5.70 Å². The van der Waals surface area contributed by atoms with E-state index >= 15 is 0 Å². The Morgan fingerprint density at radius 3 is 2.88 bits per heavy atom. The maximum atomic E-state index is 12.8. The quantitative estimate of drug-likeness (QED) is 0.783. The number of fused-ring (bicyclic) bond motifs is 2. The lowest BCUT2D eigenvalue weighted by Crippen LogP contribution is -2.55. The summed E-state index contributed by atoms with van der Waals surface area (Å²) < 4.78 is 0. The molecule has 0 bridgehead atoms. The number of carbonyl (C=O) groups is 1. The third-order valence-corrected chi connectivity index (χ3v) is 5.80. The summed E-state index contributed by atoms with van der Waals surface area (Å²) >= 11 is 1.45. The molecule has 25 heavy (non-hydrogen) atoms. The highest BCUT2D eigenvalue weighted by atomic mass is 32.2. The van der Waals surface area contributed by atoms with Crippen LogP contribution in [-0.4, -0.2) is 28.5 Å². The smallest absolute Gasteiger partial charge is 0.276 e. The fraction of sp³-hybridized carbons (Fsp3) is 0.421. The molecule has 0 fully saturated rings. The molecule has 3 aliphatic rings. The maximum Gasteiger partial charge on any atom is 0.276 e. The number of rotatable bonds is 1. The summed E-state index contributed by atoms with van der Waals surface area (Å²) in [6, 6.07) is 7.85. The minimum atomic E-state index is -0.141. The highest BCUT2D eigenvalue weighted by molar-refractivity contribution is 8.13. The van der Waals surface area contributed by atoms with Crippen molar-refractivity contribution in [1.82, 2.24) is 10.3 Å². The van der Waals surface area contributed by atoms with E-state index in [0.717, 1.165) is 23.4 Å². The number of benzene rings is 1. The average Bonchev–Trinajstić information content (AvgIpc) is 2.61. The Morgan fingerprint density at radius 1 is 1.32 bits per heavy atom. The standard InChI is InChI=1S/C19H22N4OS/c1-11-8-9-13(12(2)10-11)17-20-15-7-5-4-6-14(15)16-18(24)21-19(25-3)22-23(16)17/h4-8,12-13,17H,9-10H2,1-3H3,(H,21,22,24)/t12-,13-,17+/m1/s1. The van der Waals surface area contributed by atoms with E-state index in [2.05, 4.69) is 25.2 Å². The van der Waals surface area contributed by atoms with E-state index in [1.165, 1.54) is 17.3 Å². The van der Waals surface area contributed by atoms with Crippen LogP contribution in [0.2, 0.25) is 0 Å². The molecule has 0 saturated carbocycles. The molecule has 2 aliphatic heterocycles. The lowest BCUT2D eigenvalue weighted by atomic mass is 9.79.